The van der Waals surface area contributed by atoms with Crippen LogP contribution in [-0.2, 0) is 9.53 Å². The molecule has 1 fully saturated rings. The second-order valence-corrected chi connectivity index (χ2v) is 6.33. The average Bonchev–Trinajstić information content (AvgIpc) is 3.34. The van der Waals surface area contributed by atoms with Crippen LogP contribution in [0.4, 0.5) is 0 Å². The lowest BCUT2D eigenvalue weighted by molar-refractivity contribution is -0.143. The van der Waals surface area contributed by atoms with E-state index in [-0.39, 0.29) is 18.1 Å². The number of carbonyl (C=O) groups is 1. The molecule has 2 aliphatic heterocycles. The molecule has 2 atom stereocenters. The van der Waals surface area contributed by atoms with E-state index < -0.39 is 0 Å². The first kappa shape index (κ1) is 15.1. The number of rotatable bonds is 3. The number of hydrogen-bond donors (Lipinski definition) is 0. The second-order valence-electron chi connectivity index (χ2n) is 6.33. The highest BCUT2D eigenvalue weighted by Crippen LogP contribution is 2.34. The SMILES string of the molecule is Cc1ccc(C2=NN(C(=O)[C@H]3CCCO3)[C@H](c3ccco3)C2)cc1. The van der Waals surface area contributed by atoms with E-state index in [4.69, 9.17) is 9.15 Å². The van der Waals surface area contributed by atoms with E-state index in [2.05, 4.69) is 24.2 Å². The molecule has 1 aromatic heterocycles. The van der Waals surface area contributed by atoms with Gasteiger partial charge >= 0.3 is 0 Å². The van der Waals surface area contributed by atoms with Crippen molar-refractivity contribution in [2.75, 3.05) is 6.61 Å². The molecule has 24 heavy (non-hydrogen) atoms. The van der Waals surface area contributed by atoms with Crippen molar-refractivity contribution in [1.82, 2.24) is 5.01 Å². The minimum Gasteiger partial charge on any atom is -0.467 e. The predicted octanol–water partition coefficient (Wildman–Crippen LogP) is 3.44. The minimum absolute atomic E-state index is 0.0731. The van der Waals surface area contributed by atoms with Crippen molar-refractivity contribution in [3.63, 3.8) is 0 Å². The van der Waals surface area contributed by atoms with Gasteiger partial charge in [0, 0.05) is 13.0 Å². The van der Waals surface area contributed by atoms with Gasteiger partial charge in [-0.3, -0.25) is 4.79 Å². The highest BCUT2D eigenvalue weighted by Gasteiger charge is 2.39. The molecule has 1 amide bonds. The molecule has 0 saturated carbocycles. The van der Waals surface area contributed by atoms with Gasteiger partial charge in [-0.05, 0) is 37.5 Å². The van der Waals surface area contributed by atoms with Gasteiger partial charge in [-0.2, -0.15) is 5.10 Å². The third kappa shape index (κ3) is 2.76. The monoisotopic (exact) mass is 324 g/mol. The smallest absolute Gasteiger partial charge is 0.272 e. The highest BCUT2D eigenvalue weighted by molar-refractivity contribution is 6.03. The van der Waals surface area contributed by atoms with Crippen LogP contribution in [-0.4, -0.2) is 29.3 Å². The Bertz CT molecular complexity index is 743. The second kappa shape index (κ2) is 6.24. The summed E-state index contributed by atoms with van der Waals surface area (Å²) in [5, 5.41) is 6.19. The van der Waals surface area contributed by atoms with Gasteiger partial charge in [0.25, 0.3) is 5.91 Å². The number of carbonyl (C=O) groups excluding carboxylic acids is 1. The Morgan fingerprint density at radius 3 is 2.75 bits per heavy atom. The van der Waals surface area contributed by atoms with E-state index in [1.807, 2.05) is 24.3 Å². The number of nitrogens with zero attached hydrogens (tertiary/aromatic N) is 2. The largest absolute Gasteiger partial charge is 0.467 e. The molecule has 4 rings (SSSR count). The van der Waals surface area contributed by atoms with Gasteiger partial charge in [-0.1, -0.05) is 29.8 Å². The third-order valence-corrected chi connectivity index (χ3v) is 4.60. The van der Waals surface area contributed by atoms with Gasteiger partial charge in [0.1, 0.15) is 17.9 Å². The zero-order chi connectivity index (χ0) is 16.5. The number of amides is 1. The molecule has 0 radical (unpaired) electrons. The molecule has 3 heterocycles. The molecular formula is C19H20N2O3. The molecule has 5 nitrogen and oxygen atoms in total. The van der Waals surface area contributed by atoms with Crippen LogP contribution < -0.4 is 0 Å². The van der Waals surface area contributed by atoms with Gasteiger partial charge in [0.2, 0.25) is 0 Å². The topological polar surface area (TPSA) is 55.0 Å². The fourth-order valence-corrected chi connectivity index (χ4v) is 3.26. The Labute approximate surface area is 140 Å². The molecule has 0 N–H and O–H groups in total. The van der Waals surface area contributed by atoms with Gasteiger partial charge in [0.05, 0.1) is 12.0 Å². The van der Waals surface area contributed by atoms with E-state index in [1.165, 1.54) is 5.56 Å². The number of benzene rings is 1. The average molecular weight is 324 g/mol. The molecule has 0 aliphatic carbocycles. The Morgan fingerprint density at radius 2 is 2.08 bits per heavy atom. The van der Waals surface area contributed by atoms with Crippen molar-refractivity contribution in [2.45, 2.75) is 38.3 Å². The number of ether oxygens (including phenoxy) is 1. The van der Waals surface area contributed by atoms with Gasteiger partial charge in [-0.25, -0.2) is 5.01 Å². The molecule has 1 saturated heterocycles. The fourth-order valence-electron chi connectivity index (χ4n) is 3.26. The van der Waals surface area contributed by atoms with E-state index in [1.54, 1.807) is 11.3 Å². The quantitative estimate of drug-likeness (QED) is 0.869. The number of furan rings is 1. The highest BCUT2D eigenvalue weighted by atomic mass is 16.5. The van der Waals surface area contributed by atoms with Crippen LogP contribution in [0.5, 0.6) is 0 Å². The van der Waals surface area contributed by atoms with E-state index in [0.717, 1.165) is 29.9 Å². The molecule has 5 heteroatoms. The van der Waals surface area contributed by atoms with Crippen LogP contribution in [0.15, 0.2) is 52.2 Å². The Kier molecular flexibility index (Phi) is 3.94. The summed E-state index contributed by atoms with van der Waals surface area (Å²) < 4.78 is 11.1. The first-order valence-corrected chi connectivity index (χ1v) is 8.35. The molecular weight excluding hydrogens is 304 g/mol. The zero-order valence-electron chi connectivity index (χ0n) is 13.6. The summed E-state index contributed by atoms with van der Waals surface area (Å²) in [5.74, 6) is 0.684. The van der Waals surface area contributed by atoms with Crippen LogP contribution in [0.2, 0.25) is 0 Å². The molecule has 0 spiro atoms. The van der Waals surface area contributed by atoms with Gasteiger partial charge in [0.15, 0.2) is 0 Å². The first-order valence-electron chi connectivity index (χ1n) is 8.35. The molecule has 1 aromatic carbocycles. The van der Waals surface area contributed by atoms with Crippen LogP contribution in [0, 0.1) is 6.92 Å². The lowest BCUT2D eigenvalue weighted by atomic mass is 10.0. The van der Waals surface area contributed by atoms with Crippen molar-refractivity contribution in [1.29, 1.82) is 0 Å². The van der Waals surface area contributed by atoms with Crippen LogP contribution in [0.3, 0.4) is 0 Å². The lowest BCUT2D eigenvalue weighted by Gasteiger charge is -2.22. The summed E-state index contributed by atoms with van der Waals surface area (Å²) in [7, 11) is 0. The standard InChI is InChI=1S/C19H20N2O3/c1-13-6-8-14(9-7-13)15-12-16(17-4-2-10-23-17)21(20-15)19(22)18-5-3-11-24-18/h2,4,6-10,16,18H,3,5,11-12H2,1H3/t16-,18+/m0/s1. The fraction of sp³-hybridized carbons (Fsp3) is 0.368. The third-order valence-electron chi connectivity index (χ3n) is 4.60. The predicted molar refractivity (Wildman–Crippen MR) is 89.6 cm³/mol. The number of hydrogen-bond acceptors (Lipinski definition) is 4. The van der Waals surface area contributed by atoms with Gasteiger partial charge < -0.3 is 9.15 Å². The van der Waals surface area contributed by atoms with Crippen molar-refractivity contribution in [3.8, 4) is 0 Å². The summed E-state index contributed by atoms with van der Waals surface area (Å²) in [6.45, 7) is 2.70. The van der Waals surface area contributed by atoms with Crippen LogP contribution in [0.25, 0.3) is 0 Å². The molecule has 2 aromatic rings. The number of aryl methyl sites for hydroxylation is 1. The molecule has 124 valence electrons. The maximum Gasteiger partial charge on any atom is 0.272 e. The molecule has 0 unspecified atom stereocenters. The first-order chi connectivity index (χ1) is 11.7. The normalized spacial score (nSPS) is 23.5. The summed E-state index contributed by atoms with van der Waals surface area (Å²) >= 11 is 0. The summed E-state index contributed by atoms with van der Waals surface area (Å²) in [6, 6.07) is 11.8. The summed E-state index contributed by atoms with van der Waals surface area (Å²) in [5.41, 5.74) is 3.15. The number of hydrazone groups is 1. The molecule has 2 aliphatic rings. The summed E-state index contributed by atoms with van der Waals surface area (Å²) in [4.78, 5) is 12.8. The maximum atomic E-state index is 12.8. The van der Waals surface area contributed by atoms with Gasteiger partial charge in [-0.15, -0.1) is 0 Å². The van der Waals surface area contributed by atoms with Crippen molar-refractivity contribution < 1.29 is 13.9 Å². The van der Waals surface area contributed by atoms with Crippen molar-refractivity contribution in [3.05, 3.63) is 59.5 Å². The zero-order valence-corrected chi connectivity index (χ0v) is 13.6. The van der Waals surface area contributed by atoms with Crippen molar-refractivity contribution in [2.24, 2.45) is 5.10 Å². The maximum absolute atomic E-state index is 12.8. The minimum atomic E-state index is -0.386. The van der Waals surface area contributed by atoms with Crippen LogP contribution in [0.1, 0.15) is 42.2 Å². The Hall–Kier alpha value is -2.40. The summed E-state index contributed by atoms with van der Waals surface area (Å²) in [6.07, 6.45) is 3.58. The Balaban J connectivity index is 1.65. The Morgan fingerprint density at radius 1 is 1.25 bits per heavy atom. The lowest BCUT2D eigenvalue weighted by Crippen LogP contribution is -2.35. The molecule has 0 bridgehead atoms. The van der Waals surface area contributed by atoms with E-state index >= 15 is 0 Å². The van der Waals surface area contributed by atoms with Crippen LogP contribution >= 0.6 is 0 Å². The van der Waals surface area contributed by atoms with Crippen molar-refractivity contribution >= 4 is 11.6 Å². The van der Waals surface area contributed by atoms with E-state index in [0.29, 0.717) is 13.0 Å². The van der Waals surface area contributed by atoms with E-state index in [9.17, 15) is 4.79 Å².